The largest absolute Gasteiger partial charge is 0.508 e. The van der Waals surface area contributed by atoms with E-state index < -0.39 is 0 Å². The summed E-state index contributed by atoms with van der Waals surface area (Å²) in [6.45, 7) is 0. The second-order valence-corrected chi connectivity index (χ2v) is 6.41. The standard InChI is InChI=1S/C19H13NO2.C6H6/c21-13-9-12(10-14(22)11-13)19-15-5-1-3-7-17(15)20-18-8-4-2-6-16(18)19;1-2-4-6-5-3-1/h1-11,21-22H;1-6H. The highest BCUT2D eigenvalue weighted by molar-refractivity contribution is 6.09. The number of fused-ring (bicyclic) bond motifs is 2. The summed E-state index contributed by atoms with van der Waals surface area (Å²) in [6, 6.07) is 32.4. The van der Waals surface area contributed by atoms with Crippen molar-refractivity contribution in [1.29, 1.82) is 0 Å². The third-order valence-corrected chi connectivity index (χ3v) is 4.45. The number of para-hydroxylation sites is 2. The molecule has 3 heteroatoms. The van der Waals surface area contributed by atoms with E-state index >= 15 is 0 Å². The van der Waals surface area contributed by atoms with Crippen molar-refractivity contribution in [2.45, 2.75) is 0 Å². The zero-order valence-electron chi connectivity index (χ0n) is 15.2. The lowest BCUT2D eigenvalue weighted by Gasteiger charge is -2.12. The molecule has 2 N–H and O–H groups in total. The summed E-state index contributed by atoms with van der Waals surface area (Å²) in [5, 5.41) is 21.6. The van der Waals surface area contributed by atoms with Crippen LogP contribution in [-0.2, 0) is 0 Å². The molecule has 5 aromatic rings. The summed E-state index contributed by atoms with van der Waals surface area (Å²) < 4.78 is 0. The molecule has 0 amide bonds. The average molecular weight is 365 g/mol. The normalized spacial score (nSPS) is 10.4. The van der Waals surface area contributed by atoms with Gasteiger partial charge in [-0.05, 0) is 29.8 Å². The van der Waals surface area contributed by atoms with Gasteiger partial charge in [-0.15, -0.1) is 0 Å². The second-order valence-electron chi connectivity index (χ2n) is 6.41. The van der Waals surface area contributed by atoms with Crippen molar-refractivity contribution in [1.82, 2.24) is 4.98 Å². The van der Waals surface area contributed by atoms with Crippen molar-refractivity contribution in [2.24, 2.45) is 0 Å². The minimum Gasteiger partial charge on any atom is -0.508 e. The molecule has 3 nitrogen and oxygen atoms in total. The van der Waals surface area contributed by atoms with Crippen LogP contribution in [-0.4, -0.2) is 15.2 Å². The van der Waals surface area contributed by atoms with Gasteiger partial charge in [-0.25, -0.2) is 4.98 Å². The third kappa shape index (κ3) is 3.64. The van der Waals surface area contributed by atoms with Crippen molar-refractivity contribution in [3.8, 4) is 22.6 Å². The highest BCUT2D eigenvalue weighted by Gasteiger charge is 2.12. The molecule has 5 rings (SSSR count). The van der Waals surface area contributed by atoms with Gasteiger partial charge in [0.25, 0.3) is 0 Å². The maximum atomic E-state index is 9.82. The predicted octanol–water partition coefficient (Wildman–Crippen LogP) is 6.15. The first-order chi connectivity index (χ1) is 13.7. The van der Waals surface area contributed by atoms with E-state index in [1.165, 1.54) is 6.07 Å². The van der Waals surface area contributed by atoms with E-state index in [0.717, 1.165) is 32.9 Å². The van der Waals surface area contributed by atoms with Crippen LogP contribution >= 0.6 is 0 Å². The highest BCUT2D eigenvalue weighted by Crippen LogP contribution is 2.37. The van der Waals surface area contributed by atoms with Crippen LogP contribution in [0.25, 0.3) is 32.9 Å². The molecule has 0 atom stereocenters. The number of hydrogen-bond donors (Lipinski definition) is 2. The number of aromatic nitrogens is 1. The number of phenols is 2. The Labute approximate surface area is 163 Å². The Morgan fingerprint density at radius 1 is 0.500 bits per heavy atom. The van der Waals surface area contributed by atoms with Crippen molar-refractivity contribution in [2.75, 3.05) is 0 Å². The van der Waals surface area contributed by atoms with Crippen LogP contribution in [0.4, 0.5) is 0 Å². The molecule has 0 saturated heterocycles. The molecule has 0 bridgehead atoms. The zero-order chi connectivity index (χ0) is 19.3. The smallest absolute Gasteiger partial charge is 0.119 e. The van der Waals surface area contributed by atoms with E-state index in [0.29, 0.717) is 0 Å². The Balaban J connectivity index is 0.000000275. The summed E-state index contributed by atoms with van der Waals surface area (Å²) >= 11 is 0. The molecule has 0 fully saturated rings. The lowest BCUT2D eigenvalue weighted by atomic mass is 9.96. The molecule has 0 saturated carbocycles. The lowest BCUT2D eigenvalue weighted by Crippen LogP contribution is -1.88. The molecule has 136 valence electrons. The Kier molecular flexibility index (Phi) is 4.89. The van der Waals surface area contributed by atoms with E-state index in [2.05, 4.69) is 4.98 Å². The molecule has 1 heterocycles. The van der Waals surface area contributed by atoms with Gasteiger partial charge in [0.1, 0.15) is 11.5 Å². The van der Waals surface area contributed by atoms with Crippen LogP contribution in [0.15, 0.2) is 103 Å². The van der Waals surface area contributed by atoms with E-state index in [1.54, 1.807) is 12.1 Å². The molecular formula is C25H19NO2. The average Bonchev–Trinajstić information content (AvgIpc) is 2.73. The second kappa shape index (κ2) is 7.80. The maximum Gasteiger partial charge on any atom is 0.119 e. The quantitative estimate of drug-likeness (QED) is 0.350. The molecule has 1 aromatic heterocycles. The number of rotatable bonds is 1. The number of nitrogens with zero attached hydrogens (tertiary/aromatic N) is 1. The molecule has 0 radical (unpaired) electrons. The topological polar surface area (TPSA) is 53.4 Å². The fraction of sp³-hybridized carbons (Fsp3) is 0. The molecule has 0 spiro atoms. The van der Waals surface area contributed by atoms with Crippen LogP contribution in [0.1, 0.15) is 0 Å². The third-order valence-electron chi connectivity index (χ3n) is 4.45. The Bertz CT molecular complexity index is 1130. The van der Waals surface area contributed by atoms with Gasteiger partial charge in [0.15, 0.2) is 0 Å². The van der Waals surface area contributed by atoms with Gasteiger partial charge in [0, 0.05) is 22.4 Å². The number of aromatic hydroxyl groups is 2. The van der Waals surface area contributed by atoms with Crippen molar-refractivity contribution >= 4 is 21.8 Å². The summed E-state index contributed by atoms with van der Waals surface area (Å²) in [5.74, 6) is 0.0833. The first kappa shape index (κ1) is 17.6. The van der Waals surface area contributed by atoms with Crippen LogP contribution in [0, 0.1) is 0 Å². The van der Waals surface area contributed by atoms with Crippen LogP contribution in [0.2, 0.25) is 0 Å². The molecular weight excluding hydrogens is 346 g/mol. The molecule has 0 aliphatic rings. The number of pyridine rings is 1. The van der Waals surface area contributed by atoms with Crippen molar-refractivity contribution in [3.63, 3.8) is 0 Å². The molecule has 4 aromatic carbocycles. The lowest BCUT2D eigenvalue weighted by molar-refractivity contribution is 0.451. The first-order valence-electron chi connectivity index (χ1n) is 9.03. The summed E-state index contributed by atoms with van der Waals surface area (Å²) in [6.07, 6.45) is 0. The minimum atomic E-state index is 0.0416. The molecule has 28 heavy (non-hydrogen) atoms. The van der Waals surface area contributed by atoms with Gasteiger partial charge >= 0.3 is 0 Å². The van der Waals surface area contributed by atoms with Gasteiger partial charge in [0.05, 0.1) is 11.0 Å². The first-order valence-corrected chi connectivity index (χ1v) is 9.03. The van der Waals surface area contributed by atoms with Crippen LogP contribution < -0.4 is 0 Å². The number of phenolic OH excluding ortho intramolecular Hbond substituents is 2. The summed E-state index contributed by atoms with van der Waals surface area (Å²) in [5.41, 5.74) is 3.51. The number of benzene rings is 4. The monoisotopic (exact) mass is 365 g/mol. The SMILES string of the molecule is Oc1cc(O)cc(-c2c3ccccc3nc3ccccc23)c1.c1ccccc1. The molecule has 0 unspecified atom stereocenters. The van der Waals surface area contributed by atoms with Gasteiger partial charge < -0.3 is 10.2 Å². The maximum absolute atomic E-state index is 9.82. The predicted molar refractivity (Wildman–Crippen MR) is 114 cm³/mol. The van der Waals surface area contributed by atoms with Gasteiger partial charge in [-0.3, -0.25) is 0 Å². The van der Waals surface area contributed by atoms with E-state index in [9.17, 15) is 10.2 Å². The Morgan fingerprint density at radius 3 is 1.39 bits per heavy atom. The fourth-order valence-corrected chi connectivity index (χ4v) is 3.28. The van der Waals surface area contributed by atoms with Crippen molar-refractivity contribution < 1.29 is 10.2 Å². The number of hydrogen-bond acceptors (Lipinski definition) is 3. The summed E-state index contributed by atoms with van der Waals surface area (Å²) in [4.78, 5) is 4.68. The zero-order valence-corrected chi connectivity index (χ0v) is 15.2. The van der Waals surface area contributed by atoms with E-state index in [-0.39, 0.29) is 11.5 Å². The van der Waals surface area contributed by atoms with Crippen LogP contribution in [0.3, 0.4) is 0 Å². The fourth-order valence-electron chi connectivity index (χ4n) is 3.28. The van der Waals surface area contributed by atoms with Crippen molar-refractivity contribution in [3.05, 3.63) is 103 Å². The highest BCUT2D eigenvalue weighted by atomic mass is 16.3. The van der Waals surface area contributed by atoms with E-state index in [4.69, 9.17) is 0 Å². The van der Waals surface area contributed by atoms with Gasteiger partial charge in [-0.2, -0.15) is 0 Å². The van der Waals surface area contributed by atoms with Crippen LogP contribution in [0.5, 0.6) is 11.5 Å². The molecule has 0 aliphatic carbocycles. The van der Waals surface area contributed by atoms with Gasteiger partial charge in [-0.1, -0.05) is 72.8 Å². The minimum absolute atomic E-state index is 0.0416. The Hall–Kier alpha value is -3.85. The molecule has 0 aliphatic heterocycles. The Morgan fingerprint density at radius 2 is 0.929 bits per heavy atom. The van der Waals surface area contributed by atoms with Gasteiger partial charge in [0.2, 0.25) is 0 Å². The summed E-state index contributed by atoms with van der Waals surface area (Å²) in [7, 11) is 0. The van der Waals surface area contributed by atoms with E-state index in [1.807, 2.05) is 84.9 Å².